The standard InChI is InChI=1S/C19H21N3O3/c1-24-19(23)16-11-17(25-14-16)13-21-7-9-22(10-8-21)18(12-20)15-5-3-2-4-6-15/h2-6,11,14,18H,7-10,13H2,1H3/t18-/m0/s1. The second kappa shape index (κ2) is 7.97. The molecule has 0 spiro atoms. The van der Waals surface area contributed by atoms with Gasteiger partial charge in [0.15, 0.2) is 0 Å². The number of nitrogens with zero attached hydrogens (tertiary/aromatic N) is 3. The van der Waals surface area contributed by atoms with Gasteiger partial charge in [0.25, 0.3) is 0 Å². The monoisotopic (exact) mass is 339 g/mol. The number of piperazine rings is 1. The van der Waals surface area contributed by atoms with Gasteiger partial charge >= 0.3 is 5.97 Å². The maximum atomic E-state index is 11.5. The highest BCUT2D eigenvalue weighted by molar-refractivity contribution is 5.88. The Morgan fingerprint density at radius 2 is 2.00 bits per heavy atom. The van der Waals surface area contributed by atoms with E-state index < -0.39 is 0 Å². The van der Waals surface area contributed by atoms with Gasteiger partial charge in [0.2, 0.25) is 0 Å². The number of methoxy groups -OCH3 is 1. The molecule has 130 valence electrons. The van der Waals surface area contributed by atoms with Crippen molar-refractivity contribution >= 4 is 5.97 Å². The Bertz CT molecular complexity index is 743. The number of rotatable bonds is 5. The first-order valence-corrected chi connectivity index (χ1v) is 8.28. The van der Waals surface area contributed by atoms with Crippen LogP contribution in [0.2, 0.25) is 0 Å². The van der Waals surface area contributed by atoms with Crippen LogP contribution in [-0.2, 0) is 11.3 Å². The Balaban J connectivity index is 1.56. The second-order valence-corrected chi connectivity index (χ2v) is 6.05. The van der Waals surface area contributed by atoms with Crippen LogP contribution in [-0.4, -0.2) is 49.1 Å². The summed E-state index contributed by atoms with van der Waals surface area (Å²) in [7, 11) is 1.35. The Labute approximate surface area is 147 Å². The van der Waals surface area contributed by atoms with E-state index in [1.165, 1.54) is 13.4 Å². The minimum Gasteiger partial charge on any atom is -0.467 e. The van der Waals surface area contributed by atoms with Crippen LogP contribution in [0, 0.1) is 11.3 Å². The highest BCUT2D eigenvalue weighted by Crippen LogP contribution is 2.22. The molecule has 2 aromatic rings. The number of nitriles is 1. The van der Waals surface area contributed by atoms with Crippen molar-refractivity contribution in [3.05, 3.63) is 59.5 Å². The molecular formula is C19H21N3O3. The summed E-state index contributed by atoms with van der Waals surface area (Å²) in [5, 5.41) is 9.55. The van der Waals surface area contributed by atoms with E-state index in [4.69, 9.17) is 4.42 Å². The molecule has 6 nitrogen and oxygen atoms in total. The molecule has 0 saturated carbocycles. The summed E-state index contributed by atoms with van der Waals surface area (Å²) in [4.78, 5) is 15.9. The molecular weight excluding hydrogens is 318 g/mol. The summed E-state index contributed by atoms with van der Waals surface area (Å²) in [5.41, 5.74) is 1.47. The SMILES string of the molecule is COC(=O)c1coc(CN2CCN([C@@H](C#N)c3ccccc3)CC2)c1. The molecule has 0 amide bonds. The van der Waals surface area contributed by atoms with Gasteiger partial charge < -0.3 is 9.15 Å². The van der Waals surface area contributed by atoms with E-state index in [1.54, 1.807) is 6.07 Å². The average Bonchev–Trinajstić information content (AvgIpc) is 3.12. The zero-order chi connectivity index (χ0) is 17.6. The van der Waals surface area contributed by atoms with Crippen LogP contribution in [0.15, 0.2) is 47.1 Å². The van der Waals surface area contributed by atoms with Crippen LogP contribution in [0.3, 0.4) is 0 Å². The third kappa shape index (κ3) is 4.08. The minimum atomic E-state index is -0.389. The lowest BCUT2D eigenvalue weighted by Gasteiger charge is -2.36. The highest BCUT2D eigenvalue weighted by Gasteiger charge is 2.25. The fraction of sp³-hybridized carbons (Fsp3) is 0.368. The van der Waals surface area contributed by atoms with Gasteiger partial charge in [-0.25, -0.2) is 4.79 Å². The number of hydrogen-bond acceptors (Lipinski definition) is 6. The third-order valence-corrected chi connectivity index (χ3v) is 4.46. The topological polar surface area (TPSA) is 69.7 Å². The molecule has 1 aromatic carbocycles. The summed E-state index contributed by atoms with van der Waals surface area (Å²) in [6.45, 7) is 3.97. The first-order chi connectivity index (χ1) is 12.2. The number of benzene rings is 1. The molecule has 0 radical (unpaired) electrons. The van der Waals surface area contributed by atoms with Crippen molar-refractivity contribution in [3.63, 3.8) is 0 Å². The summed E-state index contributed by atoms with van der Waals surface area (Å²) in [6.07, 6.45) is 1.43. The zero-order valence-corrected chi connectivity index (χ0v) is 14.2. The van der Waals surface area contributed by atoms with E-state index in [1.807, 2.05) is 30.3 Å². The molecule has 1 atom stereocenters. The van der Waals surface area contributed by atoms with Crippen molar-refractivity contribution in [3.8, 4) is 6.07 Å². The molecule has 1 fully saturated rings. The van der Waals surface area contributed by atoms with Crippen LogP contribution in [0.1, 0.15) is 27.7 Å². The van der Waals surface area contributed by atoms with Crippen molar-refractivity contribution in [2.75, 3.05) is 33.3 Å². The summed E-state index contributed by atoms with van der Waals surface area (Å²) in [5.74, 6) is 0.355. The van der Waals surface area contributed by atoms with Crippen LogP contribution in [0.5, 0.6) is 0 Å². The molecule has 1 aliphatic heterocycles. The summed E-state index contributed by atoms with van der Waals surface area (Å²) in [6, 6.07) is 13.8. The van der Waals surface area contributed by atoms with Gasteiger partial charge in [0, 0.05) is 26.2 Å². The van der Waals surface area contributed by atoms with E-state index in [9.17, 15) is 10.1 Å². The van der Waals surface area contributed by atoms with Gasteiger partial charge in [-0.2, -0.15) is 5.26 Å². The van der Waals surface area contributed by atoms with Gasteiger partial charge in [0.1, 0.15) is 18.1 Å². The number of esters is 1. The van der Waals surface area contributed by atoms with Crippen molar-refractivity contribution in [2.45, 2.75) is 12.6 Å². The number of hydrogen-bond donors (Lipinski definition) is 0. The third-order valence-electron chi connectivity index (χ3n) is 4.46. The lowest BCUT2D eigenvalue weighted by atomic mass is 10.1. The van der Waals surface area contributed by atoms with Gasteiger partial charge in [-0.1, -0.05) is 30.3 Å². The predicted octanol–water partition coefficient (Wildman–Crippen LogP) is 2.45. The Morgan fingerprint density at radius 3 is 2.64 bits per heavy atom. The number of carbonyl (C=O) groups is 1. The molecule has 6 heteroatoms. The van der Waals surface area contributed by atoms with Crippen molar-refractivity contribution in [1.82, 2.24) is 9.80 Å². The van der Waals surface area contributed by atoms with Crippen molar-refractivity contribution in [1.29, 1.82) is 5.26 Å². The minimum absolute atomic E-state index is 0.210. The molecule has 1 aromatic heterocycles. The number of carbonyl (C=O) groups excluding carboxylic acids is 1. The largest absolute Gasteiger partial charge is 0.467 e. The fourth-order valence-electron chi connectivity index (χ4n) is 3.09. The van der Waals surface area contributed by atoms with Crippen LogP contribution >= 0.6 is 0 Å². The van der Waals surface area contributed by atoms with E-state index >= 15 is 0 Å². The van der Waals surface area contributed by atoms with E-state index in [2.05, 4.69) is 20.6 Å². The highest BCUT2D eigenvalue weighted by atomic mass is 16.5. The van der Waals surface area contributed by atoms with Crippen LogP contribution < -0.4 is 0 Å². The van der Waals surface area contributed by atoms with Crippen molar-refractivity contribution in [2.24, 2.45) is 0 Å². The summed E-state index contributed by atoms with van der Waals surface area (Å²) >= 11 is 0. The normalized spacial score (nSPS) is 17.0. The van der Waals surface area contributed by atoms with Gasteiger partial charge in [0.05, 0.1) is 25.3 Å². The summed E-state index contributed by atoms with van der Waals surface area (Å²) < 4.78 is 10.1. The molecule has 1 aliphatic rings. The second-order valence-electron chi connectivity index (χ2n) is 6.05. The Hall–Kier alpha value is -2.62. The smallest absolute Gasteiger partial charge is 0.341 e. The Kier molecular flexibility index (Phi) is 5.49. The first-order valence-electron chi connectivity index (χ1n) is 8.28. The Morgan fingerprint density at radius 1 is 1.28 bits per heavy atom. The van der Waals surface area contributed by atoms with E-state index in [0.29, 0.717) is 12.1 Å². The molecule has 1 saturated heterocycles. The molecule has 3 rings (SSSR count). The average molecular weight is 339 g/mol. The van der Waals surface area contributed by atoms with Crippen molar-refractivity contribution < 1.29 is 13.9 Å². The van der Waals surface area contributed by atoms with Gasteiger partial charge in [-0.15, -0.1) is 0 Å². The molecule has 0 bridgehead atoms. The van der Waals surface area contributed by atoms with E-state index in [0.717, 1.165) is 37.5 Å². The molecule has 0 aliphatic carbocycles. The van der Waals surface area contributed by atoms with Crippen LogP contribution in [0.25, 0.3) is 0 Å². The van der Waals surface area contributed by atoms with E-state index in [-0.39, 0.29) is 12.0 Å². The molecule has 2 heterocycles. The van der Waals surface area contributed by atoms with Gasteiger partial charge in [-0.05, 0) is 11.6 Å². The molecule has 0 N–H and O–H groups in total. The molecule has 25 heavy (non-hydrogen) atoms. The van der Waals surface area contributed by atoms with Gasteiger partial charge in [-0.3, -0.25) is 9.80 Å². The number of ether oxygens (including phenoxy) is 1. The van der Waals surface area contributed by atoms with Crippen LogP contribution in [0.4, 0.5) is 0 Å². The fourth-order valence-corrected chi connectivity index (χ4v) is 3.09. The maximum Gasteiger partial charge on any atom is 0.341 e. The predicted molar refractivity (Wildman–Crippen MR) is 91.7 cm³/mol. The first kappa shape index (κ1) is 17.2. The maximum absolute atomic E-state index is 11.5. The lowest BCUT2D eigenvalue weighted by Crippen LogP contribution is -2.46. The quantitative estimate of drug-likeness (QED) is 0.780. The lowest BCUT2D eigenvalue weighted by molar-refractivity contribution is 0.0600. The molecule has 0 unspecified atom stereocenters. The zero-order valence-electron chi connectivity index (χ0n) is 14.2. The number of furan rings is 1.